The summed E-state index contributed by atoms with van der Waals surface area (Å²) in [6, 6.07) is 12.8. The van der Waals surface area contributed by atoms with Gasteiger partial charge in [-0.25, -0.2) is 5.43 Å². The molecule has 1 amide bonds. The van der Waals surface area contributed by atoms with Crippen LogP contribution in [0.15, 0.2) is 47.6 Å². The molecule has 2 N–H and O–H groups in total. The van der Waals surface area contributed by atoms with Crippen molar-refractivity contribution in [2.45, 2.75) is 25.9 Å². The van der Waals surface area contributed by atoms with Gasteiger partial charge in [-0.1, -0.05) is 29.3 Å². The first-order valence-electron chi connectivity index (χ1n) is 9.42. The fourth-order valence-electron chi connectivity index (χ4n) is 3.12. The van der Waals surface area contributed by atoms with Crippen molar-refractivity contribution in [2.75, 3.05) is 19.6 Å². The van der Waals surface area contributed by atoms with Gasteiger partial charge in [-0.05, 0) is 61.2 Å². The number of nitrogens with zero attached hydrogens (tertiary/aromatic N) is 1. The van der Waals surface area contributed by atoms with Crippen molar-refractivity contribution in [3.8, 4) is 5.75 Å². The Bertz CT molecular complexity index is 819. The molecule has 1 fully saturated rings. The SMILES string of the molecule is O=C(C[NH+]1CCCCC1)N/N=C\c1ccc(OCc2ccc(Cl)cc2Cl)cc1. The minimum absolute atomic E-state index is 0.0482. The van der Waals surface area contributed by atoms with E-state index < -0.39 is 0 Å². The Hall–Kier alpha value is -2.08. The first kappa shape index (κ1) is 20.6. The molecule has 0 radical (unpaired) electrons. The molecular formula is C21H24Cl2N3O2+. The van der Waals surface area contributed by atoms with E-state index in [0.29, 0.717) is 23.2 Å². The fourth-order valence-corrected chi connectivity index (χ4v) is 3.59. The smallest absolute Gasteiger partial charge is 0.295 e. The van der Waals surface area contributed by atoms with Gasteiger partial charge >= 0.3 is 0 Å². The third-order valence-electron chi connectivity index (χ3n) is 4.66. The number of piperidine rings is 1. The third kappa shape index (κ3) is 6.51. The predicted molar refractivity (Wildman–Crippen MR) is 112 cm³/mol. The number of hydrogen-bond acceptors (Lipinski definition) is 3. The summed E-state index contributed by atoms with van der Waals surface area (Å²) in [6.45, 7) is 2.98. The van der Waals surface area contributed by atoms with Crippen LogP contribution in [-0.4, -0.2) is 31.8 Å². The maximum atomic E-state index is 11.9. The number of benzene rings is 2. The number of quaternary nitrogens is 1. The van der Waals surface area contributed by atoms with Gasteiger partial charge in [0, 0.05) is 15.6 Å². The second kappa shape index (κ2) is 10.5. The van der Waals surface area contributed by atoms with E-state index in [1.165, 1.54) is 24.2 Å². The molecule has 1 aliphatic heterocycles. The number of ether oxygens (including phenoxy) is 1. The van der Waals surface area contributed by atoms with Crippen LogP contribution in [0.4, 0.5) is 0 Å². The number of hydrogen-bond donors (Lipinski definition) is 2. The molecule has 148 valence electrons. The molecule has 1 saturated heterocycles. The van der Waals surface area contributed by atoms with Crippen molar-refractivity contribution in [1.82, 2.24) is 5.43 Å². The molecule has 2 aromatic rings. The van der Waals surface area contributed by atoms with E-state index in [1.54, 1.807) is 18.3 Å². The molecule has 0 bridgehead atoms. The minimum Gasteiger partial charge on any atom is -0.489 e. The number of nitrogens with one attached hydrogen (secondary N) is 2. The van der Waals surface area contributed by atoms with Crippen molar-refractivity contribution in [1.29, 1.82) is 0 Å². The summed E-state index contributed by atoms with van der Waals surface area (Å²) in [6.07, 6.45) is 5.30. The van der Waals surface area contributed by atoms with Crippen LogP contribution >= 0.6 is 23.2 Å². The number of carbonyl (C=O) groups excluding carboxylic acids is 1. The Balaban J connectivity index is 1.44. The highest BCUT2D eigenvalue weighted by Gasteiger charge is 2.16. The van der Waals surface area contributed by atoms with Gasteiger partial charge in [-0.15, -0.1) is 0 Å². The topological polar surface area (TPSA) is 55.1 Å². The zero-order chi connectivity index (χ0) is 19.8. The number of rotatable bonds is 7. The average Bonchev–Trinajstić information content (AvgIpc) is 2.69. The lowest BCUT2D eigenvalue weighted by Gasteiger charge is -2.22. The average molecular weight is 421 g/mol. The summed E-state index contributed by atoms with van der Waals surface area (Å²) in [5.74, 6) is 0.675. The zero-order valence-electron chi connectivity index (χ0n) is 15.6. The first-order valence-corrected chi connectivity index (χ1v) is 10.2. The summed E-state index contributed by atoms with van der Waals surface area (Å²) >= 11 is 12.0. The number of carbonyl (C=O) groups is 1. The molecule has 0 spiro atoms. The van der Waals surface area contributed by atoms with E-state index in [4.69, 9.17) is 27.9 Å². The Labute approximate surface area is 175 Å². The molecule has 0 saturated carbocycles. The molecule has 3 rings (SSSR count). The van der Waals surface area contributed by atoms with Gasteiger partial charge < -0.3 is 9.64 Å². The summed E-state index contributed by atoms with van der Waals surface area (Å²) < 4.78 is 5.75. The fraction of sp³-hybridized carbons (Fsp3) is 0.333. The lowest BCUT2D eigenvalue weighted by molar-refractivity contribution is -0.896. The van der Waals surface area contributed by atoms with E-state index in [-0.39, 0.29) is 5.91 Å². The van der Waals surface area contributed by atoms with Gasteiger partial charge in [0.25, 0.3) is 5.91 Å². The van der Waals surface area contributed by atoms with Crippen molar-refractivity contribution in [3.63, 3.8) is 0 Å². The largest absolute Gasteiger partial charge is 0.489 e. The van der Waals surface area contributed by atoms with Crippen molar-refractivity contribution < 1.29 is 14.4 Å². The monoisotopic (exact) mass is 420 g/mol. The molecule has 0 unspecified atom stereocenters. The highest BCUT2D eigenvalue weighted by Crippen LogP contribution is 2.22. The standard InChI is InChI=1S/C21H23Cl2N3O2/c22-18-7-6-17(20(23)12-18)15-28-19-8-4-16(5-9-19)13-24-25-21(27)14-26-10-2-1-3-11-26/h4-9,12-13H,1-3,10-11,14-15H2,(H,25,27)/p+1/b24-13-. The Kier molecular flexibility index (Phi) is 7.71. The molecule has 0 aromatic heterocycles. The summed E-state index contributed by atoms with van der Waals surface area (Å²) in [4.78, 5) is 13.3. The van der Waals surface area contributed by atoms with Crippen LogP contribution in [0, 0.1) is 0 Å². The summed E-state index contributed by atoms with van der Waals surface area (Å²) in [5, 5.41) is 5.22. The lowest BCUT2D eigenvalue weighted by atomic mass is 10.1. The molecular weight excluding hydrogens is 397 g/mol. The minimum atomic E-state index is -0.0482. The van der Waals surface area contributed by atoms with Gasteiger partial charge in [0.2, 0.25) is 0 Å². The lowest BCUT2D eigenvalue weighted by Crippen LogP contribution is -3.13. The molecule has 0 atom stereocenters. The van der Waals surface area contributed by atoms with E-state index in [1.807, 2.05) is 30.3 Å². The molecule has 5 nitrogen and oxygen atoms in total. The Morgan fingerprint density at radius 1 is 1.11 bits per heavy atom. The zero-order valence-corrected chi connectivity index (χ0v) is 17.1. The molecule has 28 heavy (non-hydrogen) atoms. The van der Waals surface area contributed by atoms with Gasteiger partial charge in [-0.3, -0.25) is 4.79 Å². The molecule has 1 aliphatic rings. The molecule has 7 heteroatoms. The quantitative estimate of drug-likeness (QED) is 0.533. The van der Waals surface area contributed by atoms with Gasteiger partial charge in [0.05, 0.1) is 19.3 Å². The first-order chi connectivity index (χ1) is 13.6. The van der Waals surface area contributed by atoms with Crippen LogP contribution < -0.4 is 15.1 Å². The third-order valence-corrected chi connectivity index (χ3v) is 5.25. The molecule has 1 heterocycles. The van der Waals surface area contributed by atoms with Crippen molar-refractivity contribution in [2.24, 2.45) is 5.10 Å². The van der Waals surface area contributed by atoms with Crippen LogP contribution in [0.5, 0.6) is 5.75 Å². The van der Waals surface area contributed by atoms with Gasteiger partial charge in [-0.2, -0.15) is 5.10 Å². The second-order valence-corrected chi connectivity index (χ2v) is 7.72. The van der Waals surface area contributed by atoms with E-state index in [9.17, 15) is 4.79 Å². The van der Waals surface area contributed by atoms with Crippen LogP contribution in [-0.2, 0) is 11.4 Å². The predicted octanol–water partition coefficient (Wildman–Crippen LogP) is 3.09. The van der Waals surface area contributed by atoms with Crippen LogP contribution in [0.3, 0.4) is 0 Å². The van der Waals surface area contributed by atoms with Crippen LogP contribution in [0.25, 0.3) is 0 Å². The Morgan fingerprint density at radius 2 is 1.86 bits per heavy atom. The highest BCUT2D eigenvalue weighted by atomic mass is 35.5. The summed E-state index contributed by atoms with van der Waals surface area (Å²) in [5.41, 5.74) is 4.35. The number of hydrazone groups is 1. The number of likely N-dealkylation sites (tertiary alicyclic amines) is 1. The van der Waals surface area contributed by atoms with Gasteiger partial charge in [0.1, 0.15) is 12.4 Å². The maximum Gasteiger partial charge on any atom is 0.295 e. The van der Waals surface area contributed by atoms with Crippen LogP contribution in [0.1, 0.15) is 30.4 Å². The van der Waals surface area contributed by atoms with Gasteiger partial charge in [0.15, 0.2) is 6.54 Å². The molecule has 2 aromatic carbocycles. The van der Waals surface area contributed by atoms with Crippen LogP contribution in [0.2, 0.25) is 10.0 Å². The maximum absolute atomic E-state index is 11.9. The van der Waals surface area contributed by atoms with E-state index in [0.717, 1.165) is 30.0 Å². The van der Waals surface area contributed by atoms with E-state index >= 15 is 0 Å². The van der Waals surface area contributed by atoms with E-state index in [2.05, 4.69) is 10.5 Å². The number of amides is 1. The number of halogens is 2. The van der Waals surface area contributed by atoms with Crippen molar-refractivity contribution >= 4 is 35.3 Å². The summed E-state index contributed by atoms with van der Waals surface area (Å²) in [7, 11) is 0. The highest BCUT2D eigenvalue weighted by molar-refractivity contribution is 6.35. The second-order valence-electron chi connectivity index (χ2n) is 6.87. The Morgan fingerprint density at radius 3 is 2.57 bits per heavy atom. The normalized spacial score (nSPS) is 14.9. The van der Waals surface area contributed by atoms with Crippen molar-refractivity contribution in [3.05, 3.63) is 63.6 Å². The molecule has 0 aliphatic carbocycles.